The van der Waals surface area contributed by atoms with Gasteiger partial charge in [0.1, 0.15) is 0 Å². The van der Waals surface area contributed by atoms with Gasteiger partial charge in [-0.2, -0.15) is 0 Å². The number of nitrogens with zero attached hydrogens (tertiary/aromatic N) is 2. The number of hydrogen-bond acceptors (Lipinski definition) is 4. The van der Waals surface area contributed by atoms with Crippen molar-refractivity contribution in [3.63, 3.8) is 0 Å². The molecule has 6 rings (SSSR count). The van der Waals surface area contributed by atoms with Crippen molar-refractivity contribution >= 4 is 6.41 Å². The molecule has 3 aromatic rings. The number of hydrogen-bond donors (Lipinski definition) is 2. The highest BCUT2D eigenvalue weighted by atomic mass is 16.3. The van der Waals surface area contributed by atoms with Crippen LogP contribution in [0, 0.1) is 6.92 Å². The maximum Gasteiger partial charge on any atom is 0.206 e. The molecule has 2 heterocycles. The van der Waals surface area contributed by atoms with E-state index in [4.69, 9.17) is 4.79 Å². The van der Waals surface area contributed by atoms with E-state index in [1.165, 1.54) is 28.7 Å². The highest BCUT2D eigenvalue weighted by Gasteiger charge is 2.53. The molecule has 2 aromatic carbocycles. The van der Waals surface area contributed by atoms with Crippen LogP contribution in [-0.4, -0.2) is 48.1 Å². The summed E-state index contributed by atoms with van der Waals surface area (Å²) in [6.45, 7) is 4.92. The number of aromatic nitrogens is 1. The first-order chi connectivity index (χ1) is 16.5. The normalized spacial score (nSPS) is 23.9. The van der Waals surface area contributed by atoms with E-state index in [1.807, 2.05) is 19.3 Å². The smallest absolute Gasteiger partial charge is 0.206 e. The first-order valence-corrected chi connectivity index (χ1v) is 12.2. The standard InChI is InChI=1S/C27H28N2O.C2H5NO/c1-19-14-20(17-28-16-19)27(30)10-12-29(13-11-27)18-26-15-23(21-6-2-4-8-24(21)26)22-7-3-5-9-25(22)26;1-3-2-4/h2-9,14,16-17,23,30H,10-13,15,18H2,1H3;2H,1H3,(H,3,4). The van der Waals surface area contributed by atoms with E-state index in [0.717, 1.165) is 43.6 Å². The summed E-state index contributed by atoms with van der Waals surface area (Å²) >= 11 is 0. The Hall–Kier alpha value is -3.02. The number of carbonyl (C=O) groups is 1. The zero-order valence-electron chi connectivity index (χ0n) is 20.0. The van der Waals surface area contributed by atoms with Gasteiger partial charge in [0.25, 0.3) is 0 Å². The first-order valence-electron chi connectivity index (χ1n) is 12.2. The fourth-order valence-electron chi connectivity index (χ4n) is 6.37. The summed E-state index contributed by atoms with van der Waals surface area (Å²) < 4.78 is 0. The Morgan fingerprint density at radius 3 is 2.21 bits per heavy atom. The lowest BCUT2D eigenvalue weighted by Gasteiger charge is -2.42. The molecule has 1 saturated heterocycles. The van der Waals surface area contributed by atoms with Crippen molar-refractivity contribution in [2.45, 2.75) is 43.1 Å². The van der Waals surface area contributed by atoms with E-state index in [1.54, 1.807) is 7.05 Å². The first kappa shape index (κ1) is 22.8. The highest BCUT2D eigenvalue weighted by Crippen LogP contribution is 2.60. The Morgan fingerprint density at radius 1 is 1.06 bits per heavy atom. The Bertz CT molecular complexity index is 1140. The average Bonchev–Trinajstić information content (AvgIpc) is 3.38. The number of rotatable bonds is 4. The van der Waals surface area contributed by atoms with Crippen LogP contribution in [0.3, 0.4) is 0 Å². The summed E-state index contributed by atoms with van der Waals surface area (Å²) in [6, 6.07) is 20.2. The van der Waals surface area contributed by atoms with Crippen molar-refractivity contribution in [2.75, 3.05) is 26.7 Å². The second kappa shape index (κ2) is 8.97. The topological polar surface area (TPSA) is 65.5 Å². The number of likely N-dealkylation sites (tertiary alicyclic amines) is 1. The molecule has 0 spiro atoms. The van der Waals surface area contributed by atoms with Crippen molar-refractivity contribution in [1.82, 2.24) is 15.2 Å². The molecule has 5 heteroatoms. The van der Waals surface area contributed by atoms with Gasteiger partial charge in [-0.05, 0) is 54.0 Å². The van der Waals surface area contributed by atoms with Crippen LogP contribution < -0.4 is 5.32 Å². The van der Waals surface area contributed by atoms with E-state index in [2.05, 4.69) is 69.8 Å². The number of nitrogens with one attached hydrogen (secondary N) is 1. The van der Waals surface area contributed by atoms with E-state index in [-0.39, 0.29) is 5.41 Å². The number of aliphatic hydroxyl groups is 1. The molecule has 2 N–H and O–H groups in total. The van der Waals surface area contributed by atoms with Crippen LogP contribution in [-0.2, 0) is 15.8 Å². The highest BCUT2D eigenvalue weighted by molar-refractivity contribution is 5.63. The SMILES string of the molecule is CNC=O.Cc1cncc(C2(O)CCN(CC34CC(c5ccccc53)c3ccccc34)CC2)c1. The molecule has 0 unspecified atom stereocenters. The Morgan fingerprint density at radius 2 is 1.65 bits per heavy atom. The second-order valence-corrected chi connectivity index (χ2v) is 9.98. The van der Waals surface area contributed by atoms with Crippen molar-refractivity contribution in [2.24, 2.45) is 0 Å². The van der Waals surface area contributed by atoms with Gasteiger partial charge in [0, 0.05) is 56.0 Å². The number of carbonyl (C=O) groups excluding carboxylic acids is 1. The number of piperidine rings is 1. The molecule has 34 heavy (non-hydrogen) atoms. The summed E-state index contributed by atoms with van der Waals surface area (Å²) in [4.78, 5) is 16.0. The van der Waals surface area contributed by atoms with Gasteiger partial charge >= 0.3 is 0 Å². The minimum absolute atomic E-state index is 0.0954. The van der Waals surface area contributed by atoms with Gasteiger partial charge in [0.2, 0.25) is 6.41 Å². The van der Waals surface area contributed by atoms with Gasteiger partial charge in [0.15, 0.2) is 0 Å². The number of aryl methyl sites for hydroxylation is 1. The molecule has 1 fully saturated rings. The summed E-state index contributed by atoms with van der Waals surface area (Å²) in [6.07, 6.45) is 7.04. The second-order valence-electron chi connectivity index (χ2n) is 9.98. The van der Waals surface area contributed by atoms with Crippen LogP contribution in [0.1, 0.15) is 58.6 Å². The third-order valence-electron chi connectivity index (χ3n) is 7.96. The summed E-state index contributed by atoms with van der Waals surface area (Å²) in [5, 5.41) is 13.6. The predicted molar refractivity (Wildman–Crippen MR) is 134 cm³/mol. The van der Waals surface area contributed by atoms with Crippen LogP contribution in [0.2, 0.25) is 0 Å². The van der Waals surface area contributed by atoms with Gasteiger partial charge < -0.3 is 15.3 Å². The van der Waals surface area contributed by atoms with Gasteiger partial charge in [0.05, 0.1) is 5.60 Å². The molecular weight excluding hydrogens is 422 g/mol. The minimum Gasteiger partial charge on any atom is -0.385 e. The van der Waals surface area contributed by atoms with E-state index < -0.39 is 5.60 Å². The molecule has 0 radical (unpaired) electrons. The maximum absolute atomic E-state index is 11.3. The molecule has 1 aromatic heterocycles. The molecule has 2 aliphatic carbocycles. The Balaban J connectivity index is 0.000000560. The van der Waals surface area contributed by atoms with E-state index >= 15 is 0 Å². The Kier molecular flexibility index (Phi) is 6.00. The maximum atomic E-state index is 11.3. The molecule has 3 aliphatic rings. The van der Waals surface area contributed by atoms with Gasteiger partial charge in [-0.3, -0.25) is 9.78 Å². The number of fused-ring (bicyclic) bond motifs is 8. The zero-order chi connectivity index (χ0) is 23.8. The summed E-state index contributed by atoms with van der Waals surface area (Å²) in [5.41, 5.74) is 7.52. The molecular formula is C29H33N3O2. The molecule has 0 saturated carbocycles. The largest absolute Gasteiger partial charge is 0.385 e. The third-order valence-corrected chi connectivity index (χ3v) is 7.96. The van der Waals surface area contributed by atoms with Crippen molar-refractivity contribution in [1.29, 1.82) is 0 Å². The minimum atomic E-state index is -0.753. The van der Waals surface area contributed by atoms with E-state index in [9.17, 15) is 5.11 Å². The van der Waals surface area contributed by atoms with Crippen LogP contribution in [0.15, 0.2) is 67.0 Å². The van der Waals surface area contributed by atoms with Crippen LogP contribution >= 0.6 is 0 Å². The molecule has 1 aliphatic heterocycles. The molecule has 5 nitrogen and oxygen atoms in total. The number of amides is 1. The fourth-order valence-corrected chi connectivity index (χ4v) is 6.37. The number of pyridine rings is 1. The van der Waals surface area contributed by atoms with Crippen LogP contribution in [0.25, 0.3) is 0 Å². The summed E-state index contributed by atoms with van der Waals surface area (Å²) in [7, 11) is 1.56. The third kappa shape index (κ3) is 3.73. The van der Waals surface area contributed by atoms with E-state index in [0.29, 0.717) is 12.3 Å². The molecule has 1 amide bonds. The molecule has 2 bridgehead atoms. The predicted octanol–water partition coefficient (Wildman–Crippen LogP) is 3.87. The lowest BCUT2D eigenvalue weighted by Crippen LogP contribution is -2.47. The lowest BCUT2D eigenvalue weighted by atomic mass is 9.74. The molecule has 176 valence electrons. The lowest BCUT2D eigenvalue weighted by molar-refractivity contribution is -0.109. The summed E-state index contributed by atoms with van der Waals surface area (Å²) in [5.74, 6) is 0.539. The van der Waals surface area contributed by atoms with Crippen molar-refractivity contribution < 1.29 is 9.90 Å². The monoisotopic (exact) mass is 455 g/mol. The average molecular weight is 456 g/mol. The van der Waals surface area contributed by atoms with Crippen LogP contribution in [0.5, 0.6) is 0 Å². The van der Waals surface area contributed by atoms with Crippen LogP contribution in [0.4, 0.5) is 0 Å². The Labute approximate surface area is 201 Å². The quantitative estimate of drug-likeness (QED) is 0.586. The van der Waals surface area contributed by atoms with Gasteiger partial charge in [-0.25, -0.2) is 0 Å². The van der Waals surface area contributed by atoms with Gasteiger partial charge in [-0.15, -0.1) is 0 Å². The van der Waals surface area contributed by atoms with Crippen molar-refractivity contribution in [3.05, 3.63) is 100 Å². The van der Waals surface area contributed by atoms with Gasteiger partial charge in [-0.1, -0.05) is 54.6 Å². The fraction of sp³-hybridized carbons (Fsp3) is 0.379. The number of benzene rings is 2. The molecule has 0 atom stereocenters. The zero-order valence-corrected chi connectivity index (χ0v) is 20.0. The van der Waals surface area contributed by atoms with Crippen molar-refractivity contribution in [3.8, 4) is 0 Å².